The van der Waals surface area contributed by atoms with Crippen LogP contribution in [-0.4, -0.2) is 34.6 Å². The van der Waals surface area contributed by atoms with Gasteiger partial charge in [-0.3, -0.25) is 0 Å². The van der Waals surface area contributed by atoms with E-state index < -0.39 is 0 Å². The quantitative estimate of drug-likeness (QED) is 0.789. The van der Waals surface area contributed by atoms with Crippen molar-refractivity contribution in [3.05, 3.63) is 6.33 Å². The lowest BCUT2D eigenvalue weighted by atomic mass is 10.3. The van der Waals surface area contributed by atoms with Gasteiger partial charge in [-0.15, -0.1) is 0 Å². The van der Waals surface area contributed by atoms with E-state index in [0.29, 0.717) is 30.0 Å². The lowest BCUT2D eigenvalue weighted by Gasteiger charge is -2.15. The number of rotatable bonds is 6. The summed E-state index contributed by atoms with van der Waals surface area (Å²) in [5.41, 5.74) is 6.36. The van der Waals surface area contributed by atoms with Crippen LogP contribution in [0.15, 0.2) is 6.33 Å². The highest BCUT2D eigenvalue weighted by Crippen LogP contribution is 2.25. The van der Waals surface area contributed by atoms with Crippen molar-refractivity contribution in [2.75, 3.05) is 29.7 Å². The third-order valence-electron chi connectivity index (χ3n) is 1.93. The van der Waals surface area contributed by atoms with Crippen LogP contribution < -0.4 is 15.8 Å². The molecule has 1 aromatic rings. The Morgan fingerprint density at radius 3 is 2.94 bits per heavy atom. The number of aromatic nitrogens is 2. The highest BCUT2D eigenvalue weighted by molar-refractivity contribution is 7.98. The smallest absolute Gasteiger partial charge is 0.242 e. The number of anilines is 2. The summed E-state index contributed by atoms with van der Waals surface area (Å²) in [4.78, 5) is 8.09. The molecule has 1 heterocycles. The molecule has 0 saturated carbocycles. The van der Waals surface area contributed by atoms with Gasteiger partial charge in [0.25, 0.3) is 0 Å². The summed E-state index contributed by atoms with van der Waals surface area (Å²) in [5.74, 6) is 2.07. The van der Waals surface area contributed by atoms with Crippen LogP contribution in [0.5, 0.6) is 5.88 Å². The summed E-state index contributed by atoms with van der Waals surface area (Å²) in [7, 11) is 0. The molecule has 6 heteroatoms. The molecule has 16 heavy (non-hydrogen) atoms. The minimum absolute atomic E-state index is 0.307. The van der Waals surface area contributed by atoms with E-state index in [-0.39, 0.29) is 0 Å². The largest absolute Gasteiger partial charge is 0.476 e. The van der Waals surface area contributed by atoms with Gasteiger partial charge in [-0.2, -0.15) is 16.7 Å². The monoisotopic (exact) mass is 242 g/mol. The van der Waals surface area contributed by atoms with E-state index in [1.54, 1.807) is 11.8 Å². The van der Waals surface area contributed by atoms with Crippen molar-refractivity contribution in [3.8, 4) is 5.88 Å². The normalized spacial score (nSPS) is 12.2. The second-order valence-corrected chi connectivity index (χ2v) is 4.29. The van der Waals surface area contributed by atoms with Crippen molar-refractivity contribution in [3.63, 3.8) is 0 Å². The fourth-order valence-corrected chi connectivity index (χ4v) is 1.85. The van der Waals surface area contributed by atoms with Crippen LogP contribution in [0.3, 0.4) is 0 Å². The van der Waals surface area contributed by atoms with Crippen molar-refractivity contribution in [1.29, 1.82) is 0 Å². The first-order chi connectivity index (χ1) is 7.69. The van der Waals surface area contributed by atoms with Crippen LogP contribution in [0.1, 0.15) is 13.8 Å². The lowest BCUT2D eigenvalue weighted by molar-refractivity contribution is 0.328. The van der Waals surface area contributed by atoms with Crippen LogP contribution in [0, 0.1) is 0 Å². The maximum Gasteiger partial charge on any atom is 0.242 e. The molecule has 5 nitrogen and oxygen atoms in total. The Morgan fingerprint density at radius 2 is 2.31 bits per heavy atom. The molecule has 90 valence electrons. The summed E-state index contributed by atoms with van der Waals surface area (Å²) < 4.78 is 5.30. The summed E-state index contributed by atoms with van der Waals surface area (Å²) in [6.45, 7) is 4.52. The van der Waals surface area contributed by atoms with Gasteiger partial charge >= 0.3 is 0 Å². The summed E-state index contributed by atoms with van der Waals surface area (Å²) in [6.07, 6.45) is 3.52. The number of nitrogens with two attached hydrogens (primary N) is 1. The van der Waals surface area contributed by atoms with Crippen LogP contribution in [0.25, 0.3) is 0 Å². The predicted octanol–water partition coefficient (Wildman–Crippen LogP) is 1.62. The molecule has 0 fully saturated rings. The van der Waals surface area contributed by atoms with Gasteiger partial charge in [0.15, 0.2) is 5.82 Å². The van der Waals surface area contributed by atoms with E-state index in [9.17, 15) is 0 Å². The van der Waals surface area contributed by atoms with Gasteiger partial charge in [-0.25, -0.2) is 4.98 Å². The first kappa shape index (κ1) is 12.9. The van der Waals surface area contributed by atoms with Gasteiger partial charge in [0.2, 0.25) is 5.88 Å². The molecule has 1 atom stereocenters. The minimum Gasteiger partial charge on any atom is -0.476 e. The van der Waals surface area contributed by atoms with Gasteiger partial charge in [0, 0.05) is 11.8 Å². The molecule has 1 aromatic heterocycles. The zero-order chi connectivity index (χ0) is 12.0. The molecule has 0 aliphatic rings. The molecule has 1 rings (SSSR count). The molecular formula is C10H18N4OS. The molecule has 3 N–H and O–H groups in total. The second kappa shape index (κ2) is 6.42. The van der Waals surface area contributed by atoms with E-state index in [1.807, 2.05) is 6.92 Å². The second-order valence-electron chi connectivity index (χ2n) is 3.37. The maximum atomic E-state index is 5.89. The molecular weight excluding hydrogens is 224 g/mol. The fraction of sp³-hybridized carbons (Fsp3) is 0.600. The van der Waals surface area contributed by atoms with Gasteiger partial charge in [-0.05, 0) is 20.1 Å². The first-order valence-electron chi connectivity index (χ1n) is 5.17. The average Bonchev–Trinajstić information content (AvgIpc) is 2.24. The Morgan fingerprint density at radius 1 is 1.56 bits per heavy atom. The van der Waals surface area contributed by atoms with Gasteiger partial charge in [0.05, 0.1) is 6.61 Å². The highest BCUT2D eigenvalue weighted by Gasteiger charge is 2.10. The Kier molecular flexibility index (Phi) is 5.18. The van der Waals surface area contributed by atoms with Crippen molar-refractivity contribution < 1.29 is 4.74 Å². The fourth-order valence-electron chi connectivity index (χ4n) is 1.27. The van der Waals surface area contributed by atoms with Crippen LogP contribution >= 0.6 is 11.8 Å². The molecule has 0 aromatic carbocycles. The maximum absolute atomic E-state index is 5.89. The lowest BCUT2D eigenvalue weighted by Crippen LogP contribution is -2.20. The van der Waals surface area contributed by atoms with Gasteiger partial charge in [-0.1, -0.05) is 0 Å². The van der Waals surface area contributed by atoms with Crippen molar-refractivity contribution in [1.82, 2.24) is 9.97 Å². The number of nitrogens with zero attached hydrogens (tertiary/aromatic N) is 2. The summed E-state index contributed by atoms with van der Waals surface area (Å²) in [6, 6.07) is 0.307. The number of nitrogen functional groups attached to an aromatic ring is 1. The summed E-state index contributed by atoms with van der Waals surface area (Å²) >= 11 is 1.77. The Bertz CT molecular complexity index is 335. The minimum atomic E-state index is 0.307. The number of hydrogen-bond donors (Lipinski definition) is 2. The molecule has 0 radical (unpaired) electrons. The Labute approximate surface area is 100 Å². The molecule has 0 amide bonds. The number of thioether (sulfide) groups is 1. The van der Waals surface area contributed by atoms with Crippen LogP contribution in [0.2, 0.25) is 0 Å². The standard InChI is InChI=1S/C10H18N4OS/c1-4-15-10-8(11)9(12-6-13-10)14-7(2)5-16-3/h6-7H,4-5,11H2,1-3H3,(H,12,13,14). The first-order valence-corrected chi connectivity index (χ1v) is 6.57. The van der Waals surface area contributed by atoms with Gasteiger partial charge in [0.1, 0.15) is 12.0 Å². The number of ether oxygens (including phenoxy) is 1. The van der Waals surface area contributed by atoms with Crippen LogP contribution in [-0.2, 0) is 0 Å². The van der Waals surface area contributed by atoms with Crippen LogP contribution in [0.4, 0.5) is 11.5 Å². The zero-order valence-corrected chi connectivity index (χ0v) is 10.7. The SMILES string of the molecule is CCOc1ncnc(NC(C)CSC)c1N. The van der Waals surface area contributed by atoms with E-state index in [4.69, 9.17) is 10.5 Å². The highest BCUT2D eigenvalue weighted by atomic mass is 32.2. The Balaban J connectivity index is 2.76. The third-order valence-corrected chi connectivity index (χ3v) is 2.76. The molecule has 0 aliphatic heterocycles. The molecule has 0 bridgehead atoms. The molecule has 0 saturated heterocycles. The van der Waals surface area contributed by atoms with E-state index >= 15 is 0 Å². The molecule has 0 aliphatic carbocycles. The topological polar surface area (TPSA) is 73.1 Å². The van der Waals surface area contributed by atoms with Crippen molar-refractivity contribution in [2.24, 2.45) is 0 Å². The van der Waals surface area contributed by atoms with Gasteiger partial charge < -0.3 is 15.8 Å². The predicted molar refractivity (Wildman–Crippen MR) is 69.1 cm³/mol. The Hall–Kier alpha value is -1.17. The van der Waals surface area contributed by atoms with Crippen molar-refractivity contribution in [2.45, 2.75) is 19.9 Å². The van der Waals surface area contributed by atoms with E-state index in [0.717, 1.165) is 5.75 Å². The average molecular weight is 242 g/mol. The van der Waals surface area contributed by atoms with E-state index in [2.05, 4.69) is 28.5 Å². The molecule has 0 spiro atoms. The number of nitrogens with one attached hydrogen (secondary N) is 1. The zero-order valence-electron chi connectivity index (χ0n) is 9.86. The van der Waals surface area contributed by atoms with E-state index in [1.165, 1.54) is 6.33 Å². The number of hydrogen-bond acceptors (Lipinski definition) is 6. The summed E-state index contributed by atoms with van der Waals surface area (Å²) in [5, 5.41) is 3.23. The third kappa shape index (κ3) is 3.44. The molecule has 1 unspecified atom stereocenters. The van der Waals surface area contributed by atoms with Crippen molar-refractivity contribution >= 4 is 23.3 Å².